The van der Waals surface area contributed by atoms with E-state index < -0.39 is 17.8 Å². The molecule has 0 aromatic heterocycles. The highest BCUT2D eigenvalue weighted by Crippen LogP contribution is 2.27. The van der Waals surface area contributed by atoms with Crippen LogP contribution in [-0.4, -0.2) is 6.43 Å². The molecule has 2 N–H and O–H groups in total. The monoisotopic (exact) mass is 203 g/mol. The van der Waals surface area contributed by atoms with E-state index in [-0.39, 0.29) is 5.56 Å². The molecule has 0 amide bonds. The topological polar surface area (TPSA) is 26.0 Å². The second kappa shape index (κ2) is 3.61. The molecule has 0 radical (unpaired) electrons. The first-order valence-electron chi connectivity index (χ1n) is 4.19. The van der Waals surface area contributed by atoms with Gasteiger partial charge in [-0.2, -0.15) is 0 Å². The second-order valence-corrected chi connectivity index (χ2v) is 3.57. The van der Waals surface area contributed by atoms with Gasteiger partial charge in [-0.3, -0.25) is 0 Å². The molecule has 0 heterocycles. The van der Waals surface area contributed by atoms with Crippen LogP contribution < -0.4 is 5.73 Å². The van der Waals surface area contributed by atoms with E-state index in [1.165, 1.54) is 12.1 Å². The fourth-order valence-corrected chi connectivity index (χ4v) is 1.17. The van der Waals surface area contributed by atoms with Crippen LogP contribution in [-0.2, 0) is 5.54 Å². The smallest absolute Gasteiger partial charge is 0.260 e. The van der Waals surface area contributed by atoms with Gasteiger partial charge in [0, 0.05) is 5.56 Å². The summed E-state index contributed by atoms with van der Waals surface area (Å²) in [4.78, 5) is 0. The minimum Gasteiger partial charge on any atom is -0.317 e. The lowest BCUT2D eigenvalue weighted by atomic mass is 9.92. The molecular weight excluding hydrogens is 191 g/mol. The van der Waals surface area contributed by atoms with Crippen LogP contribution >= 0.6 is 0 Å². The third-order valence-electron chi connectivity index (χ3n) is 2.16. The second-order valence-electron chi connectivity index (χ2n) is 3.57. The van der Waals surface area contributed by atoms with Crippen molar-refractivity contribution in [1.29, 1.82) is 0 Å². The van der Waals surface area contributed by atoms with Gasteiger partial charge in [-0.15, -0.1) is 0 Å². The first-order valence-corrected chi connectivity index (χ1v) is 4.19. The van der Waals surface area contributed by atoms with Gasteiger partial charge in [0.1, 0.15) is 11.4 Å². The first-order chi connectivity index (χ1) is 6.35. The lowest BCUT2D eigenvalue weighted by Gasteiger charge is -2.24. The van der Waals surface area contributed by atoms with Gasteiger partial charge in [0.05, 0.1) is 0 Å². The summed E-state index contributed by atoms with van der Waals surface area (Å²) in [7, 11) is 0. The van der Waals surface area contributed by atoms with Crippen molar-refractivity contribution in [2.45, 2.75) is 25.8 Å². The average molecular weight is 203 g/mol. The molecule has 0 saturated carbocycles. The summed E-state index contributed by atoms with van der Waals surface area (Å²) in [5, 5.41) is 0. The van der Waals surface area contributed by atoms with Crippen molar-refractivity contribution in [1.82, 2.24) is 0 Å². The Morgan fingerprint density at radius 3 is 2.36 bits per heavy atom. The van der Waals surface area contributed by atoms with Gasteiger partial charge >= 0.3 is 0 Å². The van der Waals surface area contributed by atoms with Gasteiger partial charge in [-0.25, -0.2) is 13.2 Å². The first kappa shape index (κ1) is 11.0. The van der Waals surface area contributed by atoms with Gasteiger partial charge in [0.2, 0.25) is 0 Å². The molecule has 0 aliphatic rings. The zero-order valence-electron chi connectivity index (χ0n) is 8.02. The maximum Gasteiger partial charge on any atom is 0.260 e. The van der Waals surface area contributed by atoms with Crippen molar-refractivity contribution < 1.29 is 13.2 Å². The zero-order valence-corrected chi connectivity index (χ0v) is 8.02. The molecular formula is C10H12F3N. The molecule has 78 valence electrons. The van der Waals surface area contributed by atoms with Crippen LogP contribution in [0.2, 0.25) is 0 Å². The van der Waals surface area contributed by atoms with Crippen LogP contribution in [0, 0.1) is 12.7 Å². The lowest BCUT2D eigenvalue weighted by molar-refractivity contribution is 0.0604. The molecule has 1 atom stereocenters. The summed E-state index contributed by atoms with van der Waals surface area (Å²) in [6.45, 7) is 2.80. The Morgan fingerprint density at radius 1 is 1.36 bits per heavy atom. The largest absolute Gasteiger partial charge is 0.317 e. The molecule has 1 unspecified atom stereocenters. The quantitative estimate of drug-likeness (QED) is 0.785. The van der Waals surface area contributed by atoms with E-state index in [4.69, 9.17) is 5.73 Å². The number of hydrogen-bond donors (Lipinski definition) is 1. The van der Waals surface area contributed by atoms with E-state index in [1.807, 2.05) is 0 Å². The molecule has 14 heavy (non-hydrogen) atoms. The Bertz CT molecular complexity index is 334. The predicted molar refractivity (Wildman–Crippen MR) is 48.7 cm³/mol. The number of rotatable bonds is 2. The number of nitrogens with two attached hydrogens (primary N) is 1. The molecule has 0 spiro atoms. The molecule has 1 aromatic carbocycles. The van der Waals surface area contributed by atoms with Gasteiger partial charge in [-0.05, 0) is 25.5 Å². The van der Waals surface area contributed by atoms with E-state index in [2.05, 4.69) is 0 Å². The fraction of sp³-hybridized carbons (Fsp3) is 0.400. The van der Waals surface area contributed by atoms with Crippen molar-refractivity contribution in [3.63, 3.8) is 0 Å². The number of benzene rings is 1. The Morgan fingerprint density at radius 2 is 1.93 bits per heavy atom. The van der Waals surface area contributed by atoms with Crippen molar-refractivity contribution in [3.8, 4) is 0 Å². The Labute approximate surface area is 80.7 Å². The van der Waals surface area contributed by atoms with Gasteiger partial charge in [0.25, 0.3) is 6.43 Å². The molecule has 0 fully saturated rings. The third-order valence-corrected chi connectivity index (χ3v) is 2.16. The van der Waals surface area contributed by atoms with Crippen LogP contribution in [0.3, 0.4) is 0 Å². The standard InChI is InChI=1S/C10H12F3N/c1-6-3-4-7(8(11)5-6)10(2,14)9(12)13/h3-5,9H,14H2,1-2H3. The van der Waals surface area contributed by atoms with Crippen molar-refractivity contribution in [3.05, 3.63) is 35.1 Å². The summed E-state index contributed by atoms with van der Waals surface area (Å²) >= 11 is 0. The van der Waals surface area contributed by atoms with Crippen LogP contribution in [0.5, 0.6) is 0 Å². The van der Waals surface area contributed by atoms with E-state index >= 15 is 0 Å². The normalized spacial score (nSPS) is 15.6. The molecule has 0 saturated heterocycles. The highest BCUT2D eigenvalue weighted by atomic mass is 19.3. The van der Waals surface area contributed by atoms with Crippen molar-refractivity contribution >= 4 is 0 Å². The molecule has 4 heteroatoms. The van der Waals surface area contributed by atoms with Crippen LogP contribution in [0.4, 0.5) is 13.2 Å². The summed E-state index contributed by atoms with van der Waals surface area (Å²) in [5.74, 6) is -0.685. The van der Waals surface area contributed by atoms with Crippen LogP contribution in [0.15, 0.2) is 18.2 Å². The minimum absolute atomic E-state index is 0.155. The molecule has 0 aliphatic heterocycles. The minimum atomic E-state index is -2.79. The van der Waals surface area contributed by atoms with E-state index in [0.717, 1.165) is 6.92 Å². The van der Waals surface area contributed by atoms with Gasteiger partial charge in [-0.1, -0.05) is 12.1 Å². The molecule has 0 aliphatic carbocycles. The molecule has 1 aromatic rings. The van der Waals surface area contributed by atoms with Gasteiger partial charge in [0.15, 0.2) is 0 Å². The average Bonchev–Trinajstić information content (AvgIpc) is 2.02. The number of alkyl halides is 2. The zero-order chi connectivity index (χ0) is 10.9. The van der Waals surface area contributed by atoms with E-state index in [0.29, 0.717) is 5.56 Å². The Kier molecular flexibility index (Phi) is 2.85. The molecule has 0 bridgehead atoms. The lowest BCUT2D eigenvalue weighted by Crippen LogP contribution is -2.41. The summed E-state index contributed by atoms with van der Waals surface area (Å²) in [6, 6.07) is 4.06. The maximum absolute atomic E-state index is 13.3. The number of aryl methyl sites for hydroxylation is 1. The summed E-state index contributed by atoms with van der Waals surface area (Å²) < 4.78 is 38.3. The summed E-state index contributed by atoms with van der Waals surface area (Å²) in [5.41, 5.74) is 3.93. The number of halogens is 3. The Balaban J connectivity index is 3.19. The third kappa shape index (κ3) is 1.90. The highest BCUT2D eigenvalue weighted by molar-refractivity contribution is 5.29. The highest BCUT2D eigenvalue weighted by Gasteiger charge is 2.34. The van der Waals surface area contributed by atoms with E-state index in [1.54, 1.807) is 13.0 Å². The number of hydrogen-bond acceptors (Lipinski definition) is 1. The van der Waals surface area contributed by atoms with Gasteiger partial charge < -0.3 is 5.73 Å². The van der Waals surface area contributed by atoms with E-state index in [9.17, 15) is 13.2 Å². The molecule has 1 nitrogen and oxygen atoms in total. The fourth-order valence-electron chi connectivity index (χ4n) is 1.17. The van der Waals surface area contributed by atoms with Crippen LogP contribution in [0.25, 0.3) is 0 Å². The molecule has 1 rings (SSSR count). The van der Waals surface area contributed by atoms with Crippen molar-refractivity contribution in [2.75, 3.05) is 0 Å². The summed E-state index contributed by atoms with van der Waals surface area (Å²) in [6.07, 6.45) is -2.79. The predicted octanol–water partition coefficient (Wildman–Crippen LogP) is 2.57. The SMILES string of the molecule is Cc1ccc(C(C)(N)C(F)F)c(F)c1. The maximum atomic E-state index is 13.3. The van der Waals surface area contributed by atoms with Crippen molar-refractivity contribution in [2.24, 2.45) is 5.73 Å². The van der Waals surface area contributed by atoms with Crippen LogP contribution in [0.1, 0.15) is 18.1 Å². The Hall–Kier alpha value is -1.03.